The molecule has 0 rings (SSSR count). The van der Waals surface area contributed by atoms with Gasteiger partial charge >= 0.3 is 5.97 Å². The summed E-state index contributed by atoms with van der Waals surface area (Å²) in [5.74, 6) is -5.10. The summed E-state index contributed by atoms with van der Waals surface area (Å²) in [6, 6.07) is -2.01. The van der Waals surface area contributed by atoms with Crippen LogP contribution in [0.4, 0.5) is 4.39 Å². The fourth-order valence-electron chi connectivity index (χ4n) is 1.61. The molecule has 7 N–H and O–H groups in total. The van der Waals surface area contributed by atoms with Gasteiger partial charge in [-0.2, -0.15) is 0 Å². The number of aliphatic hydroxyl groups is 5. The molecule has 0 bridgehead atoms. The summed E-state index contributed by atoms with van der Waals surface area (Å²) in [5, 5.41) is 56.9. The van der Waals surface area contributed by atoms with Crippen molar-refractivity contribution >= 4 is 17.7 Å². The molecule has 1 amide bonds. The van der Waals surface area contributed by atoms with Crippen molar-refractivity contribution in [2.75, 3.05) is 6.61 Å². The first-order valence-electron chi connectivity index (χ1n) is 6.06. The van der Waals surface area contributed by atoms with Gasteiger partial charge in [-0.3, -0.25) is 9.59 Å². The quantitative estimate of drug-likeness (QED) is 0.207. The molecule has 0 aromatic rings. The number of aliphatic carboxylic acids is 1. The number of amides is 1. The van der Waals surface area contributed by atoms with E-state index in [1.807, 2.05) is 5.32 Å². The zero-order chi connectivity index (χ0) is 17.6. The normalized spacial score (nSPS) is 19.4. The zero-order valence-corrected chi connectivity index (χ0v) is 11.5. The molecule has 0 saturated carbocycles. The van der Waals surface area contributed by atoms with E-state index in [9.17, 15) is 39.2 Å². The van der Waals surface area contributed by atoms with Gasteiger partial charge in [0.2, 0.25) is 5.91 Å². The van der Waals surface area contributed by atoms with E-state index in [2.05, 4.69) is 0 Å². The molecule has 22 heavy (non-hydrogen) atoms. The second kappa shape index (κ2) is 8.70. The Labute approximate surface area is 123 Å². The summed E-state index contributed by atoms with van der Waals surface area (Å²) in [6.45, 7) is -0.0816. The fraction of sp³-hybridized carbons (Fsp3) is 0.727. The topological polar surface area (TPSA) is 185 Å². The van der Waals surface area contributed by atoms with Crippen molar-refractivity contribution in [3.8, 4) is 0 Å². The maximum Gasteiger partial charge on any atom is 0.375 e. The molecule has 0 spiro atoms. The number of carbonyl (C=O) groups excluding carboxylic acids is 2. The number of ketones is 1. The third-order valence-electron chi connectivity index (χ3n) is 2.80. The molecule has 0 heterocycles. The molecule has 0 aliphatic rings. The van der Waals surface area contributed by atoms with Crippen molar-refractivity contribution in [2.24, 2.45) is 0 Å². The highest BCUT2D eigenvalue weighted by Gasteiger charge is 2.43. The Morgan fingerprint density at radius 3 is 1.91 bits per heavy atom. The number of halogens is 1. The minimum atomic E-state index is -3.00. The Morgan fingerprint density at radius 2 is 1.55 bits per heavy atom. The number of nitrogens with one attached hydrogen (secondary N) is 1. The van der Waals surface area contributed by atoms with E-state index < -0.39 is 60.9 Å². The van der Waals surface area contributed by atoms with Crippen molar-refractivity contribution in [3.63, 3.8) is 0 Å². The summed E-state index contributed by atoms with van der Waals surface area (Å²) in [5.41, 5.74) is 0. The highest BCUT2D eigenvalue weighted by Crippen LogP contribution is 2.14. The van der Waals surface area contributed by atoms with Crippen LogP contribution in [0.3, 0.4) is 0 Å². The molecule has 1 unspecified atom stereocenters. The Morgan fingerprint density at radius 1 is 1.05 bits per heavy atom. The first-order valence-corrected chi connectivity index (χ1v) is 6.06. The number of alkyl halides is 1. The number of carboxylic acid groups (broad SMARTS) is 1. The third kappa shape index (κ3) is 5.27. The molecule has 10 nitrogen and oxygen atoms in total. The summed E-state index contributed by atoms with van der Waals surface area (Å²) < 4.78 is 13.6. The van der Waals surface area contributed by atoms with Crippen LogP contribution in [0.1, 0.15) is 6.92 Å². The van der Waals surface area contributed by atoms with Crippen LogP contribution >= 0.6 is 0 Å². The van der Waals surface area contributed by atoms with Gasteiger partial charge in [-0.1, -0.05) is 0 Å². The second-order valence-corrected chi connectivity index (χ2v) is 4.52. The molecule has 11 heteroatoms. The Balaban J connectivity index is 5.30. The average molecular weight is 327 g/mol. The van der Waals surface area contributed by atoms with E-state index in [0.29, 0.717) is 0 Å². The molecular weight excluding hydrogens is 309 g/mol. The largest absolute Gasteiger partial charge is 0.475 e. The number of aliphatic hydroxyl groups excluding tert-OH is 5. The number of hydrogen-bond donors (Lipinski definition) is 7. The second-order valence-electron chi connectivity index (χ2n) is 4.52. The van der Waals surface area contributed by atoms with Gasteiger partial charge in [-0.25, -0.2) is 9.18 Å². The minimum absolute atomic E-state index is 0.899. The minimum Gasteiger partial charge on any atom is -0.475 e. The van der Waals surface area contributed by atoms with Gasteiger partial charge in [-0.05, 0) is 0 Å². The lowest BCUT2D eigenvalue weighted by molar-refractivity contribution is -0.156. The molecule has 6 atom stereocenters. The molecule has 0 aromatic carbocycles. The van der Waals surface area contributed by atoms with Crippen molar-refractivity contribution in [2.45, 2.75) is 43.6 Å². The van der Waals surface area contributed by atoms with Crippen molar-refractivity contribution in [1.82, 2.24) is 5.32 Å². The lowest BCUT2D eigenvalue weighted by Crippen LogP contribution is -2.60. The van der Waals surface area contributed by atoms with E-state index in [4.69, 9.17) is 10.2 Å². The standard InChI is InChI=1S/C11H18FNO9/c1-3(15)13-6(10(20)7(17)4(16)2-14)8(18)5(12)9(19)11(21)22/h4-8,10,14,16-18,20H,2H2,1H3,(H,13,15)(H,21,22)/t4-,5?,6-,7-,8+,10-/m1/s1. The summed E-state index contributed by atoms with van der Waals surface area (Å²) >= 11 is 0. The molecule has 0 saturated heterocycles. The van der Waals surface area contributed by atoms with Crippen LogP contribution < -0.4 is 5.32 Å². The predicted octanol–water partition coefficient (Wildman–Crippen LogP) is -4.08. The Kier molecular flexibility index (Phi) is 8.05. The first kappa shape index (κ1) is 20.3. The molecule has 0 aliphatic heterocycles. The van der Waals surface area contributed by atoms with Gasteiger partial charge < -0.3 is 36.0 Å². The van der Waals surface area contributed by atoms with E-state index >= 15 is 0 Å². The molecule has 0 fully saturated rings. The Bertz CT molecular complexity index is 418. The van der Waals surface area contributed by atoms with Crippen LogP contribution in [0.25, 0.3) is 0 Å². The number of carboxylic acids is 1. The highest BCUT2D eigenvalue weighted by atomic mass is 19.1. The number of hydrogen-bond acceptors (Lipinski definition) is 8. The maximum absolute atomic E-state index is 13.6. The lowest BCUT2D eigenvalue weighted by Gasteiger charge is -2.32. The zero-order valence-electron chi connectivity index (χ0n) is 11.5. The van der Waals surface area contributed by atoms with Gasteiger partial charge in [0.1, 0.15) is 24.4 Å². The van der Waals surface area contributed by atoms with Gasteiger partial charge in [-0.15, -0.1) is 0 Å². The number of Topliss-reactive ketones (excluding diaryl/α,β-unsaturated/α-hetero) is 1. The fourth-order valence-corrected chi connectivity index (χ4v) is 1.61. The molecule has 128 valence electrons. The highest BCUT2D eigenvalue weighted by molar-refractivity contribution is 6.34. The lowest BCUT2D eigenvalue weighted by atomic mass is 9.93. The molecule has 0 aromatic heterocycles. The van der Waals surface area contributed by atoms with Gasteiger partial charge in [0.25, 0.3) is 5.78 Å². The maximum atomic E-state index is 13.6. The van der Waals surface area contributed by atoms with Crippen LogP contribution in [-0.4, -0.2) is 91.5 Å². The Hall–Kier alpha value is -1.66. The molecule has 0 radical (unpaired) electrons. The number of carbonyl (C=O) groups is 3. The van der Waals surface area contributed by atoms with E-state index in [0.717, 1.165) is 6.92 Å². The smallest absolute Gasteiger partial charge is 0.375 e. The van der Waals surface area contributed by atoms with Crippen molar-refractivity contribution in [1.29, 1.82) is 0 Å². The predicted molar refractivity (Wildman–Crippen MR) is 66.3 cm³/mol. The van der Waals surface area contributed by atoms with Crippen LogP contribution in [0.15, 0.2) is 0 Å². The van der Waals surface area contributed by atoms with Crippen molar-refractivity contribution in [3.05, 3.63) is 0 Å². The third-order valence-corrected chi connectivity index (χ3v) is 2.80. The monoisotopic (exact) mass is 327 g/mol. The van der Waals surface area contributed by atoms with Crippen LogP contribution in [0.5, 0.6) is 0 Å². The van der Waals surface area contributed by atoms with E-state index in [-0.39, 0.29) is 0 Å². The van der Waals surface area contributed by atoms with E-state index in [1.54, 1.807) is 0 Å². The summed E-state index contributed by atoms with van der Waals surface area (Å²) in [6.07, 6.45) is -11.7. The first-order chi connectivity index (χ1) is 10.0. The van der Waals surface area contributed by atoms with Crippen molar-refractivity contribution < 1.29 is 49.4 Å². The van der Waals surface area contributed by atoms with Gasteiger partial charge in [0, 0.05) is 6.92 Å². The van der Waals surface area contributed by atoms with Gasteiger partial charge in [0.15, 0.2) is 6.17 Å². The molecular formula is C11H18FNO9. The van der Waals surface area contributed by atoms with Crippen LogP contribution in [0.2, 0.25) is 0 Å². The van der Waals surface area contributed by atoms with Gasteiger partial charge in [0.05, 0.1) is 12.6 Å². The van der Waals surface area contributed by atoms with Crippen LogP contribution in [-0.2, 0) is 14.4 Å². The molecule has 0 aliphatic carbocycles. The number of rotatable bonds is 9. The van der Waals surface area contributed by atoms with Crippen LogP contribution in [0, 0.1) is 0 Å². The van der Waals surface area contributed by atoms with E-state index in [1.165, 1.54) is 0 Å². The summed E-state index contributed by atoms with van der Waals surface area (Å²) in [4.78, 5) is 32.4. The SMILES string of the molecule is CC(=O)N[C@@H]([C@@H](O)[C@H](O)[C@H](O)CO)[C@@H](O)C(F)C(=O)C(=O)O. The summed E-state index contributed by atoms with van der Waals surface area (Å²) in [7, 11) is 0. The average Bonchev–Trinajstić information content (AvgIpc) is 2.47.